The summed E-state index contributed by atoms with van der Waals surface area (Å²) in [6.45, 7) is 0. The van der Waals surface area contributed by atoms with Gasteiger partial charge in [0.25, 0.3) is 0 Å². The van der Waals surface area contributed by atoms with E-state index in [9.17, 15) is 0 Å². The number of benzene rings is 4. The molecule has 0 aliphatic rings. The average Bonchev–Trinajstić information content (AvgIpc) is 3.65. The monoisotopic (exact) mass is 516 g/mol. The molecule has 0 fully saturated rings. The highest BCUT2D eigenvalue weighted by molar-refractivity contribution is 7.26. The topological polar surface area (TPSA) is 35.6 Å². The van der Waals surface area contributed by atoms with Gasteiger partial charge in [-0.05, 0) is 60.7 Å². The number of thiophene rings is 1. The van der Waals surface area contributed by atoms with Gasteiger partial charge < -0.3 is 9.13 Å². The third-order valence-electron chi connectivity index (χ3n) is 7.81. The summed E-state index contributed by atoms with van der Waals surface area (Å²) in [4.78, 5) is 9.46. The number of pyridine rings is 2. The van der Waals surface area contributed by atoms with Gasteiger partial charge >= 0.3 is 0 Å². The Balaban J connectivity index is 1.34. The van der Waals surface area contributed by atoms with Crippen LogP contribution >= 0.6 is 11.3 Å². The van der Waals surface area contributed by atoms with E-state index in [0.29, 0.717) is 0 Å². The molecule has 39 heavy (non-hydrogen) atoms. The Hall–Kier alpha value is -5.00. The molecule has 0 aliphatic carbocycles. The summed E-state index contributed by atoms with van der Waals surface area (Å²) in [5.41, 5.74) is 9.00. The molecule has 0 amide bonds. The Kier molecular flexibility index (Phi) is 4.18. The Bertz CT molecular complexity index is 2300. The standard InChI is InChI=1S/C34H20N4S/c1-3-11-26-23(8-1)32-28(14-6-18-35-32)37(26)21-16-17-31-25(20-21)22-10-5-13-30(34(22)39-31)38-27-12-4-2-9-24(27)33-29(38)15-7-19-36-33/h1-20H. The van der Waals surface area contributed by atoms with Crippen LogP contribution in [0.15, 0.2) is 122 Å². The lowest BCUT2D eigenvalue weighted by Gasteiger charge is -2.09. The molecule has 5 heterocycles. The van der Waals surface area contributed by atoms with Crippen LogP contribution in [-0.4, -0.2) is 19.1 Å². The van der Waals surface area contributed by atoms with E-state index in [2.05, 4.69) is 106 Å². The molecule has 0 radical (unpaired) electrons. The molecule has 0 saturated heterocycles. The first-order chi connectivity index (χ1) is 19.4. The molecule has 182 valence electrons. The Morgan fingerprint density at radius 1 is 0.487 bits per heavy atom. The van der Waals surface area contributed by atoms with Gasteiger partial charge in [-0.2, -0.15) is 0 Å². The van der Waals surface area contributed by atoms with E-state index in [-0.39, 0.29) is 0 Å². The third-order valence-corrected chi connectivity index (χ3v) is 9.02. The second kappa shape index (κ2) is 7.76. The van der Waals surface area contributed by atoms with Crippen LogP contribution in [0.1, 0.15) is 0 Å². The SMILES string of the molecule is c1cc(-n2c3ccccc3c3ncccc32)c2sc3ccc(-n4c5ccccc5c5ncccc54)cc3c2c1. The summed E-state index contributed by atoms with van der Waals surface area (Å²) in [6.07, 6.45) is 3.76. The maximum absolute atomic E-state index is 4.74. The number of hydrogen-bond donors (Lipinski definition) is 0. The molecule has 9 aromatic rings. The molecule has 0 spiro atoms. The maximum atomic E-state index is 4.74. The maximum Gasteiger partial charge on any atom is 0.0963 e. The molecule has 0 atom stereocenters. The van der Waals surface area contributed by atoms with Crippen molar-refractivity contribution in [3.63, 3.8) is 0 Å². The van der Waals surface area contributed by atoms with Crippen molar-refractivity contribution < 1.29 is 0 Å². The van der Waals surface area contributed by atoms with E-state index in [1.165, 1.54) is 47.7 Å². The van der Waals surface area contributed by atoms with E-state index >= 15 is 0 Å². The number of aromatic nitrogens is 4. The Morgan fingerprint density at radius 2 is 1.10 bits per heavy atom. The minimum Gasteiger partial charge on any atom is -0.308 e. The van der Waals surface area contributed by atoms with E-state index in [1.54, 1.807) is 0 Å². The van der Waals surface area contributed by atoms with Crippen molar-refractivity contribution in [2.45, 2.75) is 0 Å². The summed E-state index contributed by atoms with van der Waals surface area (Å²) in [5.74, 6) is 0. The van der Waals surface area contributed by atoms with Gasteiger partial charge in [-0.25, -0.2) is 0 Å². The predicted molar refractivity (Wildman–Crippen MR) is 164 cm³/mol. The number of nitrogens with zero attached hydrogens (tertiary/aromatic N) is 4. The fraction of sp³-hybridized carbons (Fsp3) is 0. The molecule has 0 bridgehead atoms. The van der Waals surface area contributed by atoms with Crippen molar-refractivity contribution in [2.75, 3.05) is 0 Å². The van der Waals surface area contributed by atoms with Crippen molar-refractivity contribution in [1.29, 1.82) is 0 Å². The fourth-order valence-electron chi connectivity index (χ4n) is 6.19. The molecule has 0 N–H and O–H groups in total. The highest BCUT2D eigenvalue weighted by Gasteiger charge is 2.18. The largest absolute Gasteiger partial charge is 0.308 e. The van der Waals surface area contributed by atoms with Gasteiger partial charge in [0.05, 0.1) is 43.5 Å². The van der Waals surface area contributed by atoms with E-state index in [0.717, 1.165) is 27.8 Å². The van der Waals surface area contributed by atoms with Crippen LogP contribution in [0, 0.1) is 0 Å². The predicted octanol–water partition coefficient (Wildman–Crippen LogP) is 9.04. The van der Waals surface area contributed by atoms with Crippen LogP contribution in [0.25, 0.3) is 75.4 Å². The molecule has 0 saturated carbocycles. The van der Waals surface area contributed by atoms with Gasteiger partial charge in [0.15, 0.2) is 0 Å². The molecule has 0 unspecified atom stereocenters. The zero-order valence-electron chi connectivity index (χ0n) is 20.7. The lowest BCUT2D eigenvalue weighted by Crippen LogP contribution is -1.94. The number of fused-ring (bicyclic) bond motifs is 9. The Labute approximate surface area is 227 Å². The highest BCUT2D eigenvalue weighted by Crippen LogP contribution is 2.41. The molecule has 5 aromatic heterocycles. The van der Waals surface area contributed by atoms with Crippen LogP contribution in [0.5, 0.6) is 0 Å². The van der Waals surface area contributed by atoms with E-state index in [4.69, 9.17) is 9.97 Å². The van der Waals surface area contributed by atoms with Crippen molar-refractivity contribution in [3.8, 4) is 11.4 Å². The quantitative estimate of drug-likeness (QED) is 0.230. The minimum absolute atomic E-state index is 1.03. The number of para-hydroxylation sites is 2. The van der Waals surface area contributed by atoms with Crippen LogP contribution in [0.2, 0.25) is 0 Å². The Morgan fingerprint density at radius 3 is 1.85 bits per heavy atom. The summed E-state index contributed by atoms with van der Waals surface area (Å²) >= 11 is 1.85. The lowest BCUT2D eigenvalue weighted by molar-refractivity contribution is 1.18. The molecule has 4 aromatic carbocycles. The van der Waals surface area contributed by atoms with Crippen LogP contribution < -0.4 is 0 Å². The molecule has 5 heteroatoms. The zero-order chi connectivity index (χ0) is 25.5. The fourth-order valence-corrected chi connectivity index (χ4v) is 7.38. The van der Waals surface area contributed by atoms with E-state index < -0.39 is 0 Å². The zero-order valence-corrected chi connectivity index (χ0v) is 21.6. The lowest BCUT2D eigenvalue weighted by atomic mass is 10.1. The molecular formula is C34H20N4S. The summed E-state index contributed by atoms with van der Waals surface area (Å²) < 4.78 is 7.26. The molecule has 9 rings (SSSR count). The number of hydrogen-bond acceptors (Lipinski definition) is 3. The molecule has 4 nitrogen and oxygen atoms in total. The van der Waals surface area contributed by atoms with Crippen molar-refractivity contribution in [1.82, 2.24) is 19.1 Å². The summed E-state index contributed by atoms with van der Waals surface area (Å²) in [7, 11) is 0. The van der Waals surface area contributed by atoms with Gasteiger partial charge in [0.1, 0.15) is 0 Å². The van der Waals surface area contributed by atoms with Crippen molar-refractivity contribution in [3.05, 3.63) is 122 Å². The normalized spacial score (nSPS) is 12.1. The average molecular weight is 517 g/mol. The van der Waals surface area contributed by atoms with Gasteiger partial charge in [-0.1, -0.05) is 48.5 Å². The van der Waals surface area contributed by atoms with Crippen LogP contribution in [0.4, 0.5) is 0 Å². The second-order valence-electron chi connectivity index (χ2n) is 9.88. The first-order valence-corrected chi connectivity index (χ1v) is 13.8. The second-order valence-corrected chi connectivity index (χ2v) is 10.9. The van der Waals surface area contributed by atoms with Crippen molar-refractivity contribution in [2.24, 2.45) is 0 Å². The van der Waals surface area contributed by atoms with Gasteiger partial charge in [0, 0.05) is 44.3 Å². The smallest absolute Gasteiger partial charge is 0.0963 e. The van der Waals surface area contributed by atoms with Gasteiger partial charge in [0.2, 0.25) is 0 Å². The summed E-state index contributed by atoms with van der Waals surface area (Å²) in [5, 5.41) is 4.88. The summed E-state index contributed by atoms with van der Waals surface area (Å²) in [6, 6.07) is 39.0. The minimum atomic E-state index is 1.03. The number of rotatable bonds is 2. The van der Waals surface area contributed by atoms with Crippen molar-refractivity contribution >= 4 is 75.4 Å². The van der Waals surface area contributed by atoms with Crippen LogP contribution in [-0.2, 0) is 0 Å². The van der Waals surface area contributed by atoms with E-state index in [1.807, 2.05) is 35.9 Å². The molecule has 0 aliphatic heterocycles. The van der Waals surface area contributed by atoms with Gasteiger partial charge in [-0.3, -0.25) is 9.97 Å². The van der Waals surface area contributed by atoms with Crippen LogP contribution in [0.3, 0.4) is 0 Å². The third kappa shape index (κ3) is 2.82. The first kappa shape index (κ1) is 21.0. The highest BCUT2D eigenvalue weighted by atomic mass is 32.1. The molecular weight excluding hydrogens is 496 g/mol. The first-order valence-electron chi connectivity index (χ1n) is 13.0. The van der Waals surface area contributed by atoms with Gasteiger partial charge in [-0.15, -0.1) is 11.3 Å².